The first-order valence-corrected chi connectivity index (χ1v) is 8.42. The van der Waals surface area contributed by atoms with E-state index in [0.29, 0.717) is 5.69 Å². The van der Waals surface area contributed by atoms with Gasteiger partial charge in [-0.05, 0) is 42.7 Å². The van der Waals surface area contributed by atoms with Crippen LogP contribution in [0.15, 0.2) is 67.0 Å². The number of nitrogens with one attached hydrogen (secondary N) is 2. The Labute approximate surface area is 147 Å². The highest BCUT2D eigenvalue weighted by Crippen LogP contribution is 2.19. The van der Waals surface area contributed by atoms with Crippen molar-refractivity contribution in [2.45, 2.75) is 26.3 Å². The van der Waals surface area contributed by atoms with E-state index in [1.54, 1.807) is 10.9 Å². The summed E-state index contributed by atoms with van der Waals surface area (Å²) in [6.07, 6.45) is 4.56. The molecule has 3 rings (SSSR count). The van der Waals surface area contributed by atoms with E-state index in [1.807, 2.05) is 43.5 Å². The maximum Gasteiger partial charge on any atom is 0.319 e. The first kappa shape index (κ1) is 16.8. The molecule has 2 amide bonds. The van der Waals surface area contributed by atoms with Crippen molar-refractivity contribution in [3.05, 3.63) is 78.1 Å². The SMILES string of the molecule is CCc1ccc(C(C)NC(=O)Nc2ccccc2-n2cccn2)cc1. The van der Waals surface area contributed by atoms with Gasteiger partial charge in [-0.25, -0.2) is 9.48 Å². The Hall–Kier alpha value is -3.08. The number of aromatic nitrogens is 2. The number of anilines is 1. The molecule has 2 N–H and O–H groups in total. The molecular weight excluding hydrogens is 312 g/mol. The zero-order valence-corrected chi connectivity index (χ0v) is 14.4. The van der Waals surface area contributed by atoms with E-state index in [4.69, 9.17) is 0 Å². The minimum atomic E-state index is -0.244. The Bertz CT molecular complexity index is 825. The molecule has 0 saturated carbocycles. The minimum Gasteiger partial charge on any atom is -0.331 e. The maximum atomic E-state index is 12.4. The standard InChI is InChI=1S/C20H22N4O/c1-3-16-9-11-17(12-10-16)15(2)22-20(25)23-18-7-4-5-8-19(18)24-14-6-13-21-24/h4-15H,3H2,1-2H3,(H2,22,23,25). The number of urea groups is 1. The van der Waals surface area contributed by atoms with E-state index in [0.717, 1.165) is 17.7 Å². The highest BCUT2D eigenvalue weighted by Gasteiger charge is 2.12. The van der Waals surface area contributed by atoms with Crippen LogP contribution < -0.4 is 10.6 Å². The van der Waals surface area contributed by atoms with Gasteiger partial charge in [-0.2, -0.15) is 5.10 Å². The zero-order chi connectivity index (χ0) is 17.6. The average molecular weight is 334 g/mol. The molecule has 128 valence electrons. The van der Waals surface area contributed by atoms with E-state index in [1.165, 1.54) is 5.56 Å². The van der Waals surface area contributed by atoms with Gasteiger partial charge >= 0.3 is 6.03 Å². The predicted octanol–water partition coefficient (Wildman–Crippen LogP) is 4.32. The van der Waals surface area contributed by atoms with Crippen LogP contribution in [-0.4, -0.2) is 15.8 Å². The maximum absolute atomic E-state index is 12.4. The molecule has 0 aliphatic heterocycles. The third-order valence-corrected chi connectivity index (χ3v) is 4.14. The summed E-state index contributed by atoms with van der Waals surface area (Å²) >= 11 is 0. The van der Waals surface area contributed by atoms with Gasteiger partial charge in [0.25, 0.3) is 0 Å². The fourth-order valence-electron chi connectivity index (χ4n) is 2.67. The predicted molar refractivity (Wildman–Crippen MR) is 100.0 cm³/mol. The van der Waals surface area contributed by atoms with Crippen LogP contribution in [0.5, 0.6) is 0 Å². The van der Waals surface area contributed by atoms with Crippen molar-refractivity contribution in [1.29, 1.82) is 0 Å². The quantitative estimate of drug-likeness (QED) is 0.730. The number of carbonyl (C=O) groups excluding carboxylic acids is 1. The van der Waals surface area contributed by atoms with E-state index < -0.39 is 0 Å². The van der Waals surface area contributed by atoms with Crippen molar-refractivity contribution in [2.24, 2.45) is 0 Å². The molecule has 1 aromatic heterocycles. The molecule has 1 heterocycles. The van der Waals surface area contributed by atoms with Gasteiger partial charge in [0.15, 0.2) is 0 Å². The lowest BCUT2D eigenvalue weighted by Crippen LogP contribution is -2.31. The summed E-state index contributed by atoms with van der Waals surface area (Å²) in [4.78, 5) is 12.4. The first-order valence-electron chi connectivity index (χ1n) is 8.42. The van der Waals surface area contributed by atoms with Gasteiger partial charge in [0.2, 0.25) is 0 Å². The molecule has 0 aliphatic carbocycles. The largest absolute Gasteiger partial charge is 0.331 e. The fraction of sp³-hybridized carbons (Fsp3) is 0.200. The molecule has 0 radical (unpaired) electrons. The van der Waals surface area contributed by atoms with Crippen LogP contribution in [0.2, 0.25) is 0 Å². The lowest BCUT2D eigenvalue weighted by molar-refractivity contribution is 0.249. The highest BCUT2D eigenvalue weighted by atomic mass is 16.2. The van der Waals surface area contributed by atoms with Gasteiger partial charge in [-0.15, -0.1) is 0 Å². The van der Waals surface area contributed by atoms with E-state index in [2.05, 4.69) is 46.9 Å². The molecule has 5 heteroatoms. The second kappa shape index (κ2) is 7.66. The van der Waals surface area contributed by atoms with E-state index in [-0.39, 0.29) is 12.1 Å². The fourth-order valence-corrected chi connectivity index (χ4v) is 2.67. The van der Waals surface area contributed by atoms with Gasteiger partial charge in [0.05, 0.1) is 17.4 Å². The van der Waals surface area contributed by atoms with Crippen LogP contribution >= 0.6 is 0 Å². The van der Waals surface area contributed by atoms with Gasteiger partial charge in [0.1, 0.15) is 0 Å². The summed E-state index contributed by atoms with van der Waals surface area (Å²) in [6.45, 7) is 4.10. The average Bonchev–Trinajstić information content (AvgIpc) is 3.16. The van der Waals surface area contributed by atoms with Crippen molar-refractivity contribution >= 4 is 11.7 Å². The number of hydrogen-bond donors (Lipinski definition) is 2. The molecule has 3 aromatic rings. The highest BCUT2D eigenvalue weighted by molar-refractivity contribution is 5.91. The van der Waals surface area contributed by atoms with Crippen molar-refractivity contribution < 1.29 is 4.79 Å². The molecule has 1 unspecified atom stereocenters. The van der Waals surface area contributed by atoms with E-state index in [9.17, 15) is 4.79 Å². The summed E-state index contributed by atoms with van der Waals surface area (Å²) in [6, 6.07) is 17.4. The number of nitrogens with zero attached hydrogens (tertiary/aromatic N) is 2. The lowest BCUT2D eigenvalue weighted by Gasteiger charge is -2.17. The van der Waals surface area contributed by atoms with Crippen molar-refractivity contribution in [2.75, 3.05) is 5.32 Å². The normalized spacial score (nSPS) is 11.8. The second-order valence-corrected chi connectivity index (χ2v) is 5.88. The number of benzene rings is 2. The number of hydrogen-bond acceptors (Lipinski definition) is 2. The van der Waals surface area contributed by atoms with Crippen molar-refractivity contribution in [3.63, 3.8) is 0 Å². The summed E-state index contributed by atoms with van der Waals surface area (Å²) in [5.74, 6) is 0. The molecule has 0 spiro atoms. The second-order valence-electron chi connectivity index (χ2n) is 5.88. The summed E-state index contributed by atoms with van der Waals surface area (Å²) < 4.78 is 1.72. The number of carbonyl (C=O) groups is 1. The first-order chi connectivity index (χ1) is 12.2. The number of para-hydroxylation sites is 2. The summed E-state index contributed by atoms with van der Waals surface area (Å²) in [5, 5.41) is 10.1. The Morgan fingerprint density at radius 2 is 1.88 bits per heavy atom. The smallest absolute Gasteiger partial charge is 0.319 e. The molecule has 2 aromatic carbocycles. The van der Waals surface area contributed by atoms with Crippen LogP contribution in [0.4, 0.5) is 10.5 Å². The lowest BCUT2D eigenvalue weighted by atomic mass is 10.1. The van der Waals surface area contributed by atoms with Crippen LogP contribution in [0.25, 0.3) is 5.69 Å². The van der Waals surface area contributed by atoms with Gasteiger partial charge in [-0.1, -0.05) is 43.3 Å². The number of amides is 2. The molecule has 0 saturated heterocycles. The summed E-state index contributed by atoms with van der Waals surface area (Å²) in [5.41, 5.74) is 3.89. The molecule has 25 heavy (non-hydrogen) atoms. The van der Waals surface area contributed by atoms with Crippen LogP contribution in [-0.2, 0) is 6.42 Å². The molecule has 5 nitrogen and oxygen atoms in total. The van der Waals surface area contributed by atoms with Gasteiger partial charge in [-0.3, -0.25) is 0 Å². The van der Waals surface area contributed by atoms with Gasteiger partial charge < -0.3 is 10.6 Å². The Morgan fingerprint density at radius 1 is 1.12 bits per heavy atom. The Kier molecular flexibility index (Phi) is 5.14. The third-order valence-electron chi connectivity index (χ3n) is 4.14. The number of aryl methyl sites for hydroxylation is 1. The van der Waals surface area contributed by atoms with Crippen LogP contribution in [0, 0.1) is 0 Å². The minimum absolute atomic E-state index is 0.0808. The Balaban J connectivity index is 1.68. The molecule has 0 fully saturated rings. The van der Waals surface area contributed by atoms with Crippen molar-refractivity contribution in [1.82, 2.24) is 15.1 Å². The van der Waals surface area contributed by atoms with Crippen LogP contribution in [0.3, 0.4) is 0 Å². The Morgan fingerprint density at radius 3 is 2.56 bits per heavy atom. The summed E-state index contributed by atoms with van der Waals surface area (Å²) in [7, 11) is 0. The third kappa shape index (κ3) is 4.07. The molecule has 0 bridgehead atoms. The van der Waals surface area contributed by atoms with E-state index >= 15 is 0 Å². The topological polar surface area (TPSA) is 59.0 Å². The molecular formula is C20H22N4O. The van der Waals surface area contributed by atoms with Crippen molar-refractivity contribution in [3.8, 4) is 5.69 Å². The number of rotatable bonds is 5. The van der Waals surface area contributed by atoms with Crippen LogP contribution in [0.1, 0.15) is 31.0 Å². The monoisotopic (exact) mass is 334 g/mol. The molecule has 0 aliphatic rings. The molecule has 1 atom stereocenters. The van der Waals surface area contributed by atoms with Gasteiger partial charge in [0, 0.05) is 12.4 Å². The zero-order valence-electron chi connectivity index (χ0n) is 14.4.